The number of nitrogens with zero attached hydrogens (tertiary/aromatic N) is 4. The quantitative estimate of drug-likeness (QED) is 0.629. The van der Waals surface area contributed by atoms with Crippen LogP contribution in [0.2, 0.25) is 10.0 Å². The molecule has 130 valence electrons. The number of hydrogen-bond acceptors (Lipinski definition) is 5. The van der Waals surface area contributed by atoms with Gasteiger partial charge < -0.3 is 10.1 Å². The van der Waals surface area contributed by atoms with Crippen molar-refractivity contribution in [3.63, 3.8) is 0 Å². The van der Waals surface area contributed by atoms with Crippen LogP contribution in [0.4, 0.5) is 5.82 Å². The Balaban J connectivity index is 1.59. The van der Waals surface area contributed by atoms with E-state index in [1.165, 1.54) is 6.33 Å². The van der Waals surface area contributed by atoms with Gasteiger partial charge in [-0.1, -0.05) is 30.1 Å². The van der Waals surface area contributed by atoms with Crippen molar-refractivity contribution in [3.8, 4) is 11.6 Å². The standard InChI is InChI=1S/C17H17Cl2N5O/c1-2-14-16(19)17(22-11-21-14)20-9-10-25-15-7-8-23-24(15)13-5-3-12(18)4-6-13/h3-8,11H,2,9-10H2,1H3,(H,20,21,22). The molecule has 0 radical (unpaired) electrons. The van der Waals surface area contributed by atoms with E-state index >= 15 is 0 Å². The molecule has 0 unspecified atom stereocenters. The van der Waals surface area contributed by atoms with Crippen molar-refractivity contribution in [2.75, 3.05) is 18.5 Å². The monoisotopic (exact) mass is 377 g/mol. The molecule has 0 atom stereocenters. The minimum Gasteiger partial charge on any atom is -0.476 e. The summed E-state index contributed by atoms with van der Waals surface area (Å²) in [5.74, 6) is 1.26. The van der Waals surface area contributed by atoms with Crippen LogP contribution < -0.4 is 10.1 Å². The van der Waals surface area contributed by atoms with Crippen LogP contribution in [0.15, 0.2) is 42.9 Å². The lowest BCUT2D eigenvalue weighted by molar-refractivity contribution is 0.310. The number of nitrogens with one attached hydrogen (secondary N) is 1. The van der Waals surface area contributed by atoms with Crippen LogP contribution in [0, 0.1) is 0 Å². The summed E-state index contributed by atoms with van der Waals surface area (Å²) in [4.78, 5) is 8.30. The Bertz CT molecular complexity index is 835. The van der Waals surface area contributed by atoms with Crippen LogP contribution in [0.3, 0.4) is 0 Å². The van der Waals surface area contributed by atoms with E-state index in [2.05, 4.69) is 20.4 Å². The first-order valence-corrected chi connectivity index (χ1v) is 8.60. The van der Waals surface area contributed by atoms with E-state index < -0.39 is 0 Å². The van der Waals surface area contributed by atoms with Gasteiger partial charge in [0.15, 0.2) is 0 Å². The van der Waals surface area contributed by atoms with Crippen molar-refractivity contribution in [1.82, 2.24) is 19.7 Å². The van der Waals surface area contributed by atoms with Crippen molar-refractivity contribution >= 4 is 29.0 Å². The van der Waals surface area contributed by atoms with Gasteiger partial charge in [-0.25, -0.2) is 14.6 Å². The van der Waals surface area contributed by atoms with Crippen LogP contribution in [0.25, 0.3) is 5.69 Å². The van der Waals surface area contributed by atoms with E-state index in [1.807, 2.05) is 37.3 Å². The van der Waals surface area contributed by atoms with Crippen molar-refractivity contribution in [3.05, 3.63) is 58.6 Å². The SMILES string of the molecule is CCc1ncnc(NCCOc2ccnn2-c2ccc(Cl)cc2)c1Cl. The molecule has 0 aliphatic carbocycles. The number of aryl methyl sites for hydroxylation is 1. The number of aromatic nitrogens is 4. The Labute approximate surface area is 155 Å². The van der Waals surface area contributed by atoms with Gasteiger partial charge in [0.2, 0.25) is 5.88 Å². The molecule has 0 aliphatic heterocycles. The molecule has 0 fully saturated rings. The number of hydrogen-bond donors (Lipinski definition) is 1. The molecule has 1 aromatic carbocycles. The van der Waals surface area contributed by atoms with Gasteiger partial charge in [-0.15, -0.1) is 0 Å². The van der Waals surface area contributed by atoms with E-state index in [-0.39, 0.29) is 0 Å². The number of ether oxygens (including phenoxy) is 1. The van der Waals surface area contributed by atoms with Gasteiger partial charge >= 0.3 is 0 Å². The van der Waals surface area contributed by atoms with Crippen LogP contribution in [0.5, 0.6) is 5.88 Å². The molecule has 6 nitrogen and oxygen atoms in total. The van der Waals surface area contributed by atoms with E-state index in [0.717, 1.165) is 17.8 Å². The molecule has 0 saturated carbocycles. The van der Waals surface area contributed by atoms with Crippen LogP contribution in [-0.2, 0) is 6.42 Å². The van der Waals surface area contributed by atoms with Gasteiger partial charge in [0.1, 0.15) is 23.8 Å². The summed E-state index contributed by atoms with van der Waals surface area (Å²) >= 11 is 12.2. The van der Waals surface area contributed by atoms with Crippen molar-refractivity contribution < 1.29 is 4.74 Å². The Kier molecular flexibility index (Phi) is 5.73. The lowest BCUT2D eigenvalue weighted by atomic mass is 10.3. The average molecular weight is 378 g/mol. The molecule has 3 aromatic rings. The maximum Gasteiger partial charge on any atom is 0.216 e. The predicted molar refractivity (Wildman–Crippen MR) is 99.0 cm³/mol. The highest BCUT2D eigenvalue weighted by Gasteiger charge is 2.08. The molecule has 2 aromatic heterocycles. The van der Waals surface area contributed by atoms with Crippen LogP contribution in [0.1, 0.15) is 12.6 Å². The van der Waals surface area contributed by atoms with E-state index in [0.29, 0.717) is 34.9 Å². The van der Waals surface area contributed by atoms with Crippen LogP contribution >= 0.6 is 23.2 Å². The minimum atomic E-state index is 0.432. The first-order chi connectivity index (χ1) is 12.2. The zero-order valence-electron chi connectivity index (χ0n) is 13.6. The third-order valence-corrected chi connectivity index (χ3v) is 4.17. The van der Waals surface area contributed by atoms with Gasteiger partial charge in [-0.3, -0.25) is 0 Å². The topological polar surface area (TPSA) is 64.9 Å². The minimum absolute atomic E-state index is 0.432. The molecule has 0 bridgehead atoms. The highest BCUT2D eigenvalue weighted by atomic mass is 35.5. The molecular formula is C17H17Cl2N5O. The Morgan fingerprint density at radius 2 is 1.92 bits per heavy atom. The van der Waals surface area contributed by atoms with E-state index in [1.54, 1.807) is 10.9 Å². The summed E-state index contributed by atoms with van der Waals surface area (Å²) < 4.78 is 7.51. The molecule has 2 heterocycles. The van der Waals surface area contributed by atoms with Crippen LogP contribution in [-0.4, -0.2) is 32.9 Å². The van der Waals surface area contributed by atoms with E-state index in [9.17, 15) is 0 Å². The van der Waals surface area contributed by atoms with Crippen molar-refractivity contribution in [2.45, 2.75) is 13.3 Å². The largest absolute Gasteiger partial charge is 0.476 e. The molecule has 0 saturated heterocycles. The molecule has 3 rings (SSSR count). The summed E-state index contributed by atoms with van der Waals surface area (Å²) in [6.07, 6.45) is 3.95. The second-order valence-corrected chi connectivity index (χ2v) is 5.98. The van der Waals surface area contributed by atoms with E-state index in [4.69, 9.17) is 27.9 Å². The summed E-state index contributed by atoms with van der Waals surface area (Å²) in [5.41, 5.74) is 1.70. The van der Waals surface area contributed by atoms with Gasteiger partial charge in [0.25, 0.3) is 0 Å². The highest BCUT2D eigenvalue weighted by molar-refractivity contribution is 6.33. The predicted octanol–water partition coefficient (Wildman–Crippen LogP) is 4.02. The fourth-order valence-electron chi connectivity index (χ4n) is 2.28. The first kappa shape index (κ1) is 17.5. The second-order valence-electron chi connectivity index (χ2n) is 5.17. The lowest BCUT2D eigenvalue weighted by Crippen LogP contribution is -2.14. The van der Waals surface area contributed by atoms with Gasteiger partial charge in [0.05, 0.1) is 24.1 Å². The molecule has 0 aliphatic rings. The fraction of sp³-hybridized carbons (Fsp3) is 0.235. The Morgan fingerprint density at radius 3 is 2.68 bits per heavy atom. The maximum absolute atomic E-state index is 6.25. The molecule has 25 heavy (non-hydrogen) atoms. The number of benzene rings is 1. The zero-order valence-corrected chi connectivity index (χ0v) is 15.1. The molecule has 1 N–H and O–H groups in total. The van der Waals surface area contributed by atoms with Gasteiger partial charge in [0, 0.05) is 11.1 Å². The Hall–Kier alpha value is -2.31. The van der Waals surface area contributed by atoms with Crippen molar-refractivity contribution in [2.24, 2.45) is 0 Å². The number of rotatable bonds is 7. The first-order valence-electron chi connectivity index (χ1n) is 7.85. The molecule has 0 amide bonds. The van der Waals surface area contributed by atoms with Gasteiger partial charge in [-0.2, -0.15) is 5.10 Å². The summed E-state index contributed by atoms with van der Waals surface area (Å²) in [6.45, 7) is 2.98. The maximum atomic E-state index is 6.25. The summed E-state index contributed by atoms with van der Waals surface area (Å²) in [7, 11) is 0. The van der Waals surface area contributed by atoms with Gasteiger partial charge in [-0.05, 0) is 30.7 Å². The third-order valence-electron chi connectivity index (χ3n) is 3.52. The highest BCUT2D eigenvalue weighted by Crippen LogP contribution is 2.22. The average Bonchev–Trinajstić information content (AvgIpc) is 3.09. The second kappa shape index (κ2) is 8.18. The summed E-state index contributed by atoms with van der Waals surface area (Å²) in [5, 5.41) is 8.67. The third kappa shape index (κ3) is 4.21. The molecular weight excluding hydrogens is 361 g/mol. The Morgan fingerprint density at radius 1 is 1.12 bits per heavy atom. The zero-order chi connectivity index (χ0) is 17.6. The summed E-state index contributed by atoms with van der Waals surface area (Å²) in [6, 6.07) is 9.20. The normalized spacial score (nSPS) is 10.7. The molecule has 8 heteroatoms. The van der Waals surface area contributed by atoms with Crippen molar-refractivity contribution in [1.29, 1.82) is 0 Å². The lowest BCUT2D eigenvalue weighted by Gasteiger charge is -2.11. The molecule has 0 spiro atoms. The number of anilines is 1. The fourth-order valence-corrected chi connectivity index (χ4v) is 2.70. The number of halogens is 2. The smallest absolute Gasteiger partial charge is 0.216 e.